The Bertz CT molecular complexity index is 2010. The van der Waals surface area contributed by atoms with Gasteiger partial charge in [0.05, 0.1) is 26.9 Å². The highest BCUT2D eigenvalue weighted by Crippen LogP contribution is 2.56. The van der Waals surface area contributed by atoms with Gasteiger partial charge in [-0.1, -0.05) is 24.6 Å². The van der Waals surface area contributed by atoms with Crippen LogP contribution in [0.1, 0.15) is 40.7 Å². The number of benzene rings is 2. The van der Waals surface area contributed by atoms with Crippen LogP contribution in [0.4, 0.5) is 5.82 Å². The minimum Gasteiger partial charge on any atom is -0.496 e. The molecule has 0 saturated carbocycles. The zero-order chi connectivity index (χ0) is 33.2. The maximum atomic E-state index is 14.9. The number of H-pyrrole nitrogens is 1. The average molecular weight is 654 g/mol. The number of ether oxygens (including phenoxy) is 5. The topological polar surface area (TPSA) is 184 Å². The molecule has 3 heterocycles. The standard InChI is InChI=1S/C31H28ClN3O11/c1-12-8-14-21(26(38)31(12)27(39)22-17(43-4)10-18(44-5)24(32)25(22)46-31)20(23-28(33-14)35(2)30(41)34-29(23)40)13-6-7-15(16(9-13)42-3)45-11-19(36)37/h6-7,9-10,12,20,33H,8,11H2,1-5H3,(H,36,37)(H,34,40,41). The second-order valence-corrected chi connectivity index (χ2v) is 11.4. The summed E-state index contributed by atoms with van der Waals surface area (Å²) in [6.07, 6.45) is 0.103. The number of hydrogen-bond acceptors (Lipinski definition) is 11. The monoisotopic (exact) mass is 653 g/mol. The molecule has 0 saturated heterocycles. The van der Waals surface area contributed by atoms with Crippen LogP contribution in [0, 0.1) is 5.92 Å². The number of carboxylic acids is 1. The van der Waals surface area contributed by atoms with Crippen LogP contribution in [0.25, 0.3) is 0 Å². The van der Waals surface area contributed by atoms with Gasteiger partial charge in [-0.25, -0.2) is 9.59 Å². The molecule has 2 aliphatic heterocycles. The number of aliphatic carboxylic acids is 1. The Balaban J connectivity index is 1.57. The van der Waals surface area contributed by atoms with Gasteiger partial charge in [-0.05, 0) is 24.1 Å². The third kappa shape index (κ3) is 4.27. The summed E-state index contributed by atoms with van der Waals surface area (Å²) in [5, 5.41) is 12.2. The first-order chi connectivity index (χ1) is 21.9. The Hall–Kier alpha value is -5.24. The lowest BCUT2D eigenvalue weighted by Gasteiger charge is -2.42. The number of carbonyl (C=O) groups excluding carboxylic acids is 2. The summed E-state index contributed by atoms with van der Waals surface area (Å²) in [5.74, 6) is -3.86. The molecule has 14 nitrogen and oxygen atoms in total. The molecule has 0 amide bonds. The number of anilines is 1. The van der Waals surface area contributed by atoms with E-state index in [1.165, 1.54) is 51.1 Å². The number of fused-ring (bicyclic) bond motifs is 2. The summed E-state index contributed by atoms with van der Waals surface area (Å²) in [7, 11) is 5.56. The summed E-state index contributed by atoms with van der Waals surface area (Å²) in [6.45, 7) is 1.04. The van der Waals surface area contributed by atoms with Gasteiger partial charge in [-0.2, -0.15) is 0 Å². The highest BCUT2D eigenvalue weighted by atomic mass is 35.5. The highest BCUT2D eigenvalue weighted by molar-refractivity contribution is 6.36. The number of nitrogens with zero attached hydrogens (tertiary/aromatic N) is 1. The van der Waals surface area contributed by atoms with Crippen molar-refractivity contribution < 1.29 is 43.2 Å². The Morgan fingerprint density at radius 1 is 1.04 bits per heavy atom. The van der Waals surface area contributed by atoms with Gasteiger partial charge in [0.2, 0.25) is 17.2 Å². The lowest BCUT2D eigenvalue weighted by Crippen LogP contribution is -2.58. The van der Waals surface area contributed by atoms with E-state index in [1.807, 2.05) is 0 Å². The number of halogens is 1. The van der Waals surface area contributed by atoms with Gasteiger partial charge in [-0.15, -0.1) is 0 Å². The first kappa shape index (κ1) is 30.8. The van der Waals surface area contributed by atoms with Crippen LogP contribution in [-0.4, -0.2) is 65.7 Å². The summed E-state index contributed by atoms with van der Waals surface area (Å²) >= 11 is 6.59. The molecule has 15 heteroatoms. The number of carbonyl (C=O) groups is 3. The van der Waals surface area contributed by atoms with Gasteiger partial charge in [0.15, 0.2) is 23.9 Å². The van der Waals surface area contributed by atoms with Crippen LogP contribution in [0.15, 0.2) is 45.1 Å². The van der Waals surface area contributed by atoms with Crippen molar-refractivity contribution in [3.8, 4) is 28.7 Å². The lowest BCUT2D eigenvalue weighted by atomic mass is 9.66. The molecule has 3 atom stereocenters. The lowest BCUT2D eigenvalue weighted by molar-refractivity contribution is -0.139. The second kappa shape index (κ2) is 11.0. The van der Waals surface area contributed by atoms with Crippen LogP contribution in [0.5, 0.6) is 28.7 Å². The van der Waals surface area contributed by atoms with Crippen LogP contribution in [0.3, 0.4) is 0 Å². The number of rotatable bonds is 7. The molecule has 3 unspecified atom stereocenters. The Kier molecular flexibility index (Phi) is 7.34. The molecule has 3 aliphatic rings. The van der Waals surface area contributed by atoms with E-state index >= 15 is 0 Å². The molecule has 6 rings (SSSR count). The minimum absolute atomic E-state index is 0.0138. The van der Waals surface area contributed by atoms with Crippen molar-refractivity contribution in [2.45, 2.75) is 24.9 Å². The van der Waals surface area contributed by atoms with Crippen LogP contribution >= 0.6 is 11.6 Å². The number of methoxy groups -OCH3 is 3. The zero-order valence-corrected chi connectivity index (χ0v) is 26.0. The van der Waals surface area contributed by atoms with Crippen LogP contribution < -0.4 is 40.3 Å². The van der Waals surface area contributed by atoms with E-state index in [1.54, 1.807) is 13.0 Å². The fourth-order valence-corrected chi connectivity index (χ4v) is 6.68. The number of carboxylic acid groups (broad SMARTS) is 1. The Morgan fingerprint density at radius 2 is 1.74 bits per heavy atom. The quantitative estimate of drug-likeness (QED) is 0.317. The van der Waals surface area contributed by atoms with Gasteiger partial charge in [0.25, 0.3) is 5.56 Å². The molecule has 1 aromatic heterocycles. The zero-order valence-electron chi connectivity index (χ0n) is 25.2. The van der Waals surface area contributed by atoms with E-state index in [-0.39, 0.29) is 62.7 Å². The van der Waals surface area contributed by atoms with Crippen molar-refractivity contribution in [1.29, 1.82) is 0 Å². The van der Waals surface area contributed by atoms with Crippen molar-refractivity contribution in [2.75, 3.05) is 33.3 Å². The van der Waals surface area contributed by atoms with Crippen LogP contribution in [-0.2, 0) is 16.6 Å². The maximum Gasteiger partial charge on any atom is 0.341 e. The molecule has 0 radical (unpaired) electrons. The first-order valence-electron chi connectivity index (χ1n) is 14.0. The summed E-state index contributed by atoms with van der Waals surface area (Å²) in [6, 6.07) is 5.93. The minimum atomic E-state index is -2.08. The number of aromatic amines is 1. The molecule has 46 heavy (non-hydrogen) atoms. The molecule has 240 valence electrons. The highest BCUT2D eigenvalue weighted by Gasteiger charge is 2.63. The average Bonchev–Trinajstić information content (AvgIpc) is 3.35. The summed E-state index contributed by atoms with van der Waals surface area (Å²) < 4.78 is 29.2. The van der Waals surface area contributed by atoms with Gasteiger partial charge in [0, 0.05) is 36.2 Å². The van der Waals surface area contributed by atoms with Crippen molar-refractivity contribution in [1.82, 2.24) is 9.55 Å². The molecule has 3 aromatic rings. The number of Topliss-reactive ketones (excluding diaryl/α,β-unsaturated/α-hetero) is 2. The first-order valence-corrected chi connectivity index (χ1v) is 14.4. The van der Waals surface area contributed by atoms with Crippen LogP contribution in [0.2, 0.25) is 5.02 Å². The number of hydrogen-bond donors (Lipinski definition) is 3. The van der Waals surface area contributed by atoms with E-state index in [4.69, 9.17) is 40.4 Å². The van der Waals surface area contributed by atoms with E-state index in [9.17, 15) is 24.0 Å². The molecular formula is C31H28ClN3O11. The number of nitrogens with one attached hydrogen (secondary N) is 2. The normalized spacial score (nSPS) is 21.2. The molecule has 2 aromatic carbocycles. The fraction of sp³-hybridized carbons (Fsp3) is 0.323. The summed E-state index contributed by atoms with van der Waals surface area (Å²) in [4.78, 5) is 68.8. The molecular weight excluding hydrogens is 626 g/mol. The van der Waals surface area contributed by atoms with Crippen molar-refractivity contribution in [3.05, 3.63) is 78.1 Å². The Labute approximate surface area is 265 Å². The number of allylic oxidation sites excluding steroid dienone is 1. The molecule has 0 bridgehead atoms. The predicted molar refractivity (Wildman–Crippen MR) is 162 cm³/mol. The van der Waals surface area contributed by atoms with Gasteiger partial charge >= 0.3 is 11.7 Å². The van der Waals surface area contributed by atoms with Crippen molar-refractivity contribution >= 4 is 35.0 Å². The fourth-order valence-electron chi connectivity index (χ4n) is 6.42. The van der Waals surface area contributed by atoms with E-state index in [0.717, 1.165) is 0 Å². The maximum absolute atomic E-state index is 14.9. The predicted octanol–water partition coefficient (Wildman–Crippen LogP) is 2.65. The van der Waals surface area contributed by atoms with Gasteiger partial charge < -0.3 is 34.1 Å². The largest absolute Gasteiger partial charge is 0.496 e. The number of ketones is 2. The van der Waals surface area contributed by atoms with E-state index in [0.29, 0.717) is 11.3 Å². The van der Waals surface area contributed by atoms with Gasteiger partial charge in [0.1, 0.15) is 27.9 Å². The van der Waals surface area contributed by atoms with E-state index < -0.39 is 52.8 Å². The molecule has 0 fully saturated rings. The van der Waals surface area contributed by atoms with E-state index in [2.05, 4.69) is 10.3 Å². The van der Waals surface area contributed by atoms with Crippen molar-refractivity contribution in [2.24, 2.45) is 13.0 Å². The smallest absolute Gasteiger partial charge is 0.341 e. The summed E-state index contributed by atoms with van der Waals surface area (Å²) in [5.41, 5.74) is -2.71. The SMILES string of the molecule is COc1cc(C2C3=C(CC(C)C4(Oc5c(Cl)c(OC)cc(OC)c5C4=O)C3=O)Nc3c2c(=O)[nH]c(=O)n3C)ccc1OCC(=O)O. The Morgan fingerprint density at radius 3 is 2.39 bits per heavy atom. The molecule has 3 N–H and O–H groups in total. The molecule has 1 aliphatic carbocycles. The van der Waals surface area contributed by atoms with Gasteiger partial charge in [-0.3, -0.25) is 23.9 Å². The second-order valence-electron chi connectivity index (χ2n) is 11.0. The molecule has 1 spiro atoms. The number of aromatic nitrogens is 2. The third-order valence-electron chi connectivity index (χ3n) is 8.61. The third-order valence-corrected chi connectivity index (χ3v) is 8.97. The van der Waals surface area contributed by atoms with Crippen molar-refractivity contribution in [3.63, 3.8) is 0 Å².